The zero-order chi connectivity index (χ0) is 17.6. The van der Waals surface area contributed by atoms with Gasteiger partial charge in [0.05, 0.1) is 11.6 Å². The normalized spacial score (nSPS) is 16.0. The van der Waals surface area contributed by atoms with E-state index in [1.807, 2.05) is 4.90 Å². The molecular weight excluding hydrogens is 346 g/mol. The summed E-state index contributed by atoms with van der Waals surface area (Å²) in [4.78, 5) is 25.0. The van der Waals surface area contributed by atoms with Gasteiger partial charge in [-0.3, -0.25) is 9.69 Å². The zero-order valence-corrected chi connectivity index (χ0v) is 14.8. The third-order valence-corrected chi connectivity index (χ3v) is 4.19. The first kappa shape index (κ1) is 17.8. The molecule has 1 fully saturated rings. The number of carbonyl (C=O) groups excluding carboxylic acids is 1. The van der Waals surface area contributed by atoms with E-state index in [0.717, 1.165) is 19.5 Å². The van der Waals surface area contributed by atoms with Crippen LogP contribution in [-0.4, -0.2) is 64.1 Å². The number of carbonyl (C=O) groups is 1. The second-order valence-electron chi connectivity index (χ2n) is 5.82. The van der Waals surface area contributed by atoms with Crippen molar-refractivity contribution in [3.05, 3.63) is 40.8 Å². The molecule has 0 unspecified atom stereocenters. The highest BCUT2D eigenvalue weighted by Gasteiger charge is 2.22. The average molecular weight is 366 g/mol. The number of halogens is 1. The van der Waals surface area contributed by atoms with Crippen LogP contribution in [0.5, 0.6) is 0 Å². The fourth-order valence-electron chi connectivity index (χ4n) is 2.73. The van der Waals surface area contributed by atoms with E-state index in [1.54, 1.807) is 19.2 Å². The molecule has 3 heterocycles. The highest BCUT2D eigenvalue weighted by Crippen LogP contribution is 2.12. The van der Waals surface area contributed by atoms with Crippen LogP contribution in [0.2, 0.25) is 5.02 Å². The van der Waals surface area contributed by atoms with Gasteiger partial charge in [-0.25, -0.2) is 4.98 Å². The predicted octanol–water partition coefficient (Wildman–Crippen LogP) is 1.61. The van der Waals surface area contributed by atoms with Crippen LogP contribution in [0.25, 0.3) is 0 Å². The molecule has 0 radical (unpaired) electrons. The number of pyridine rings is 1. The first-order valence-corrected chi connectivity index (χ1v) is 8.47. The fraction of sp³-hybridized carbons (Fsp3) is 0.500. The lowest BCUT2D eigenvalue weighted by Gasteiger charge is -2.20. The number of methoxy groups -OCH3 is 1. The minimum Gasteiger partial charge on any atom is -0.377 e. The maximum Gasteiger partial charge on any atom is 0.272 e. The molecule has 1 aliphatic rings. The molecule has 1 saturated heterocycles. The van der Waals surface area contributed by atoms with Crippen molar-refractivity contribution in [3.8, 4) is 0 Å². The standard InChI is InChI=1S/C16H20ClN5O3/c1-24-11-14-19-15(25-20-14)10-21-5-2-6-22(8-7-21)16(23)13-4-3-12(17)9-18-13/h3-4,9H,2,5-8,10-11H2,1H3. The molecule has 9 heteroatoms. The van der Waals surface area contributed by atoms with E-state index in [9.17, 15) is 4.79 Å². The van der Waals surface area contributed by atoms with Crippen LogP contribution in [0, 0.1) is 0 Å². The number of aromatic nitrogens is 3. The lowest BCUT2D eigenvalue weighted by Crippen LogP contribution is -2.35. The fourth-order valence-corrected chi connectivity index (χ4v) is 2.84. The number of hydrogen-bond donors (Lipinski definition) is 0. The van der Waals surface area contributed by atoms with Gasteiger partial charge in [0.1, 0.15) is 12.3 Å². The largest absolute Gasteiger partial charge is 0.377 e. The van der Waals surface area contributed by atoms with E-state index in [0.29, 0.717) is 48.7 Å². The summed E-state index contributed by atoms with van der Waals surface area (Å²) in [5.74, 6) is 1.03. The van der Waals surface area contributed by atoms with E-state index < -0.39 is 0 Å². The summed E-state index contributed by atoms with van der Waals surface area (Å²) < 4.78 is 10.2. The van der Waals surface area contributed by atoms with Gasteiger partial charge >= 0.3 is 0 Å². The molecule has 1 amide bonds. The van der Waals surface area contributed by atoms with Crippen LogP contribution in [0.1, 0.15) is 28.6 Å². The van der Waals surface area contributed by atoms with Crippen molar-refractivity contribution < 1.29 is 14.1 Å². The average Bonchev–Trinajstić information content (AvgIpc) is 2.91. The Labute approximate surface area is 150 Å². The van der Waals surface area contributed by atoms with Gasteiger partial charge in [-0.2, -0.15) is 4.98 Å². The summed E-state index contributed by atoms with van der Waals surface area (Å²) >= 11 is 5.82. The topological polar surface area (TPSA) is 84.6 Å². The first-order valence-electron chi connectivity index (χ1n) is 8.09. The van der Waals surface area contributed by atoms with Crippen LogP contribution in [0.3, 0.4) is 0 Å². The Bertz CT molecular complexity index is 706. The van der Waals surface area contributed by atoms with Gasteiger partial charge in [-0.15, -0.1) is 0 Å². The lowest BCUT2D eigenvalue weighted by molar-refractivity contribution is 0.0754. The van der Waals surface area contributed by atoms with Crippen LogP contribution < -0.4 is 0 Å². The van der Waals surface area contributed by atoms with Gasteiger partial charge in [-0.1, -0.05) is 16.8 Å². The Morgan fingerprint density at radius 1 is 1.32 bits per heavy atom. The van der Waals surface area contributed by atoms with Gasteiger partial charge in [0, 0.05) is 39.5 Å². The molecule has 0 N–H and O–H groups in total. The molecule has 0 spiro atoms. The van der Waals surface area contributed by atoms with Gasteiger partial charge in [0.2, 0.25) is 5.89 Å². The molecule has 0 aromatic carbocycles. The number of hydrogen-bond acceptors (Lipinski definition) is 7. The van der Waals surface area contributed by atoms with Crippen molar-refractivity contribution in [2.24, 2.45) is 0 Å². The van der Waals surface area contributed by atoms with Crippen molar-refractivity contribution >= 4 is 17.5 Å². The Morgan fingerprint density at radius 3 is 2.96 bits per heavy atom. The molecule has 134 valence electrons. The third-order valence-electron chi connectivity index (χ3n) is 3.96. The molecule has 2 aromatic heterocycles. The van der Waals surface area contributed by atoms with E-state index in [1.165, 1.54) is 6.20 Å². The molecule has 25 heavy (non-hydrogen) atoms. The number of ether oxygens (including phenoxy) is 1. The third kappa shape index (κ3) is 4.75. The summed E-state index contributed by atoms with van der Waals surface area (Å²) in [7, 11) is 1.59. The monoisotopic (exact) mass is 365 g/mol. The van der Waals surface area contributed by atoms with Crippen molar-refractivity contribution in [1.29, 1.82) is 0 Å². The molecule has 2 aromatic rings. The van der Waals surface area contributed by atoms with Crippen LogP contribution >= 0.6 is 11.6 Å². The van der Waals surface area contributed by atoms with E-state index in [2.05, 4.69) is 20.0 Å². The number of rotatable bonds is 5. The summed E-state index contributed by atoms with van der Waals surface area (Å²) in [6.45, 7) is 3.82. The minimum atomic E-state index is -0.0707. The van der Waals surface area contributed by atoms with Gasteiger partial charge in [-0.05, 0) is 18.6 Å². The van der Waals surface area contributed by atoms with Crippen molar-refractivity contribution in [2.45, 2.75) is 19.6 Å². The quantitative estimate of drug-likeness (QED) is 0.795. The molecule has 0 atom stereocenters. The Kier molecular flexibility index (Phi) is 5.95. The van der Waals surface area contributed by atoms with E-state index in [-0.39, 0.29) is 5.91 Å². The second kappa shape index (κ2) is 8.37. The highest BCUT2D eigenvalue weighted by atomic mass is 35.5. The molecule has 8 nitrogen and oxygen atoms in total. The van der Waals surface area contributed by atoms with E-state index in [4.69, 9.17) is 20.9 Å². The van der Waals surface area contributed by atoms with E-state index >= 15 is 0 Å². The Morgan fingerprint density at radius 2 is 2.20 bits per heavy atom. The molecule has 0 aliphatic carbocycles. The summed E-state index contributed by atoms with van der Waals surface area (Å²) in [6, 6.07) is 3.34. The van der Waals surface area contributed by atoms with Crippen molar-refractivity contribution in [3.63, 3.8) is 0 Å². The Hall–Kier alpha value is -2.03. The second-order valence-corrected chi connectivity index (χ2v) is 6.26. The van der Waals surface area contributed by atoms with Crippen LogP contribution in [0.4, 0.5) is 0 Å². The summed E-state index contributed by atoms with van der Waals surface area (Å²) in [5.41, 5.74) is 0.416. The van der Waals surface area contributed by atoms with Gasteiger partial charge < -0.3 is 14.2 Å². The number of amides is 1. The number of nitrogens with zero attached hydrogens (tertiary/aromatic N) is 5. The smallest absolute Gasteiger partial charge is 0.272 e. The molecule has 1 aliphatic heterocycles. The van der Waals surface area contributed by atoms with Gasteiger partial charge in [0.25, 0.3) is 5.91 Å². The summed E-state index contributed by atoms with van der Waals surface area (Å²) in [5, 5.41) is 4.38. The highest BCUT2D eigenvalue weighted by molar-refractivity contribution is 6.30. The first-order chi connectivity index (χ1) is 12.2. The lowest BCUT2D eigenvalue weighted by atomic mass is 10.3. The molecule has 3 rings (SSSR count). The SMILES string of the molecule is COCc1noc(CN2CCCN(C(=O)c3ccc(Cl)cn3)CC2)n1. The zero-order valence-electron chi connectivity index (χ0n) is 14.0. The molecule has 0 saturated carbocycles. The summed E-state index contributed by atoms with van der Waals surface area (Å²) in [6.07, 6.45) is 2.37. The molecule has 0 bridgehead atoms. The van der Waals surface area contributed by atoms with Crippen molar-refractivity contribution in [1.82, 2.24) is 24.9 Å². The van der Waals surface area contributed by atoms with Gasteiger partial charge in [0.15, 0.2) is 5.82 Å². The predicted molar refractivity (Wildman–Crippen MR) is 90.1 cm³/mol. The Balaban J connectivity index is 1.56. The maximum absolute atomic E-state index is 12.6. The van der Waals surface area contributed by atoms with Crippen LogP contribution in [-0.2, 0) is 17.9 Å². The minimum absolute atomic E-state index is 0.0707. The maximum atomic E-state index is 12.6. The van der Waals surface area contributed by atoms with Crippen molar-refractivity contribution in [2.75, 3.05) is 33.3 Å². The van der Waals surface area contributed by atoms with Crippen LogP contribution in [0.15, 0.2) is 22.9 Å². The molecular formula is C16H20ClN5O3.